The highest BCUT2D eigenvalue weighted by atomic mass is 35.5. The Bertz CT molecular complexity index is 531. The topological polar surface area (TPSA) is 40.0 Å². The maximum atomic E-state index is 12.3. The molecule has 0 aromatic heterocycles. The van der Waals surface area contributed by atoms with Gasteiger partial charge in [0.15, 0.2) is 17.6 Å². The van der Waals surface area contributed by atoms with E-state index in [4.69, 9.17) is 9.47 Å². The molecule has 0 spiro atoms. The van der Waals surface area contributed by atoms with Crippen LogP contribution in [0.3, 0.4) is 0 Å². The summed E-state index contributed by atoms with van der Waals surface area (Å²) in [6.45, 7) is 2.34. The van der Waals surface area contributed by atoms with Crippen molar-refractivity contribution in [1.29, 1.82) is 0 Å². The van der Waals surface area contributed by atoms with Gasteiger partial charge in [0.1, 0.15) is 18.9 Å². The zero-order valence-corrected chi connectivity index (χ0v) is 15.2. The third-order valence-corrected chi connectivity index (χ3v) is 5.00. The monoisotopic (exact) mass is 353 g/mol. The molecule has 0 saturated heterocycles. The number of hydrogen-bond donors (Lipinski definition) is 1. The van der Waals surface area contributed by atoms with Crippen LogP contribution in [0.2, 0.25) is 0 Å². The minimum Gasteiger partial charge on any atom is -1.00 e. The van der Waals surface area contributed by atoms with Crippen LogP contribution in [0.4, 0.5) is 0 Å². The lowest BCUT2D eigenvalue weighted by molar-refractivity contribution is -0.882. The fourth-order valence-corrected chi connectivity index (χ4v) is 3.62. The van der Waals surface area contributed by atoms with E-state index in [0.717, 1.165) is 37.4 Å². The Hall–Kier alpha value is -1.26. The molecule has 4 nitrogen and oxygen atoms in total. The van der Waals surface area contributed by atoms with Crippen LogP contribution in [0.1, 0.15) is 38.5 Å². The number of halogens is 1. The van der Waals surface area contributed by atoms with Crippen molar-refractivity contribution in [2.75, 3.05) is 26.7 Å². The molecule has 1 N–H and O–H groups in total. The van der Waals surface area contributed by atoms with Crippen molar-refractivity contribution in [2.24, 2.45) is 5.92 Å². The molecule has 1 fully saturated rings. The summed E-state index contributed by atoms with van der Waals surface area (Å²) in [5, 5.41) is 0. The summed E-state index contributed by atoms with van der Waals surface area (Å²) in [5.41, 5.74) is 0. The van der Waals surface area contributed by atoms with Gasteiger partial charge in [-0.15, -0.1) is 0 Å². The molecule has 0 bridgehead atoms. The molecule has 1 aliphatic heterocycles. The highest BCUT2D eigenvalue weighted by Crippen LogP contribution is 2.30. The largest absolute Gasteiger partial charge is 1.00 e. The van der Waals surface area contributed by atoms with E-state index >= 15 is 0 Å². The summed E-state index contributed by atoms with van der Waals surface area (Å²) >= 11 is 0. The standard InChI is InChI=1S/C19H27NO3.ClH/c1-20(12-11-17(21)15-7-3-2-4-8-15)13-16-14-22-18-9-5-6-10-19(18)23-16;/h5-6,9-10,15-16H,2-4,7-8,11-14H2,1H3;1H. The molecular formula is C19H28ClNO3. The molecule has 24 heavy (non-hydrogen) atoms. The zero-order valence-electron chi connectivity index (χ0n) is 14.4. The summed E-state index contributed by atoms with van der Waals surface area (Å²) < 4.78 is 11.7. The molecule has 2 atom stereocenters. The number of nitrogens with one attached hydrogen (secondary N) is 1. The van der Waals surface area contributed by atoms with Crippen molar-refractivity contribution in [2.45, 2.75) is 44.6 Å². The molecule has 2 unspecified atom stereocenters. The maximum Gasteiger partial charge on any atom is 0.181 e. The first-order valence-electron chi connectivity index (χ1n) is 8.95. The van der Waals surface area contributed by atoms with E-state index in [1.54, 1.807) is 0 Å². The first-order valence-corrected chi connectivity index (χ1v) is 8.95. The Morgan fingerprint density at radius 2 is 1.88 bits per heavy atom. The highest BCUT2D eigenvalue weighted by Gasteiger charge is 2.25. The summed E-state index contributed by atoms with van der Waals surface area (Å²) in [5.74, 6) is 2.46. The van der Waals surface area contributed by atoms with Crippen LogP contribution in [0.25, 0.3) is 0 Å². The number of ether oxygens (including phenoxy) is 2. The van der Waals surface area contributed by atoms with E-state index in [0.29, 0.717) is 24.7 Å². The number of ketones is 1. The molecular weight excluding hydrogens is 326 g/mol. The molecule has 2 aliphatic rings. The first kappa shape index (κ1) is 19.1. The van der Waals surface area contributed by atoms with Crippen LogP contribution in [0, 0.1) is 5.92 Å². The summed E-state index contributed by atoms with van der Waals surface area (Å²) in [7, 11) is 2.14. The predicted octanol–water partition coefficient (Wildman–Crippen LogP) is -1.12. The van der Waals surface area contributed by atoms with Gasteiger partial charge < -0.3 is 26.8 Å². The summed E-state index contributed by atoms with van der Waals surface area (Å²) in [6, 6.07) is 7.80. The van der Waals surface area contributed by atoms with Gasteiger partial charge in [0.25, 0.3) is 0 Å². The Kier molecular flexibility index (Phi) is 7.38. The number of fused-ring (bicyclic) bond motifs is 1. The molecule has 0 radical (unpaired) electrons. The number of hydrogen-bond acceptors (Lipinski definition) is 3. The van der Waals surface area contributed by atoms with Gasteiger partial charge in [-0.2, -0.15) is 0 Å². The average Bonchev–Trinajstić information content (AvgIpc) is 2.60. The third-order valence-electron chi connectivity index (χ3n) is 5.00. The van der Waals surface area contributed by atoms with Gasteiger partial charge >= 0.3 is 0 Å². The second-order valence-corrected chi connectivity index (χ2v) is 6.96. The van der Waals surface area contributed by atoms with Crippen LogP contribution in [-0.4, -0.2) is 38.6 Å². The molecule has 5 heteroatoms. The van der Waals surface area contributed by atoms with Crippen molar-refractivity contribution < 1.29 is 31.6 Å². The number of carbonyl (C=O) groups is 1. The SMILES string of the molecule is C[NH+](CCC(=O)C1CCCCC1)CC1COc2ccccc2O1.[Cl-]. The number of carbonyl (C=O) groups excluding carboxylic acids is 1. The highest BCUT2D eigenvalue weighted by molar-refractivity contribution is 5.81. The first-order chi connectivity index (χ1) is 11.2. The van der Waals surface area contributed by atoms with Gasteiger partial charge in [-0.25, -0.2) is 0 Å². The van der Waals surface area contributed by atoms with Crippen molar-refractivity contribution in [3.8, 4) is 11.5 Å². The Morgan fingerprint density at radius 3 is 2.62 bits per heavy atom. The van der Waals surface area contributed by atoms with Crippen molar-refractivity contribution >= 4 is 5.78 Å². The molecule has 1 aliphatic carbocycles. The van der Waals surface area contributed by atoms with E-state index in [2.05, 4.69) is 7.05 Å². The second kappa shape index (κ2) is 9.28. The lowest BCUT2D eigenvalue weighted by atomic mass is 9.85. The van der Waals surface area contributed by atoms with Gasteiger partial charge in [-0.1, -0.05) is 31.4 Å². The Labute approximate surface area is 150 Å². The third kappa shape index (κ3) is 5.12. The Balaban J connectivity index is 0.00000208. The average molecular weight is 354 g/mol. The zero-order chi connectivity index (χ0) is 16.1. The quantitative estimate of drug-likeness (QED) is 0.704. The van der Waals surface area contributed by atoms with Crippen LogP contribution in [-0.2, 0) is 4.79 Å². The minimum atomic E-state index is 0. The summed E-state index contributed by atoms with van der Waals surface area (Å²) in [6.07, 6.45) is 6.73. The van der Waals surface area contributed by atoms with Crippen molar-refractivity contribution in [3.05, 3.63) is 24.3 Å². The van der Waals surface area contributed by atoms with Crippen molar-refractivity contribution in [3.63, 3.8) is 0 Å². The lowest BCUT2D eigenvalue weighted by Crippen LogP contribution is -3.10. The number of benzene rings is 1. The van der Waals surface area contributed by atoms with Crippen LogP contribution < -0.4 is 26.8 Å². The van der Waals surface area contributed by atoms with Gasteiger partial charge in [-0.3, -0.25) is 4.79 Å². The number of para-hydroxylation sites is 2. The van der Waals surface area contributed by atoms with Gasteiger partial charge in [-0.05, 0) is 25.0 Å². The molecule has 0 amide bonds. The van der Waals surface area contributed by atoms with E-state index in [-0.39, 0.29) is 18.5 Å². The fourth-order valence-electron chi connectivity index (χ4n) is 3.62. The molecule has 1 heterocycles. The second-order valence-electron chi connectivity index (χ2n) is 6.96. The van der Waals surface area contributed by atoms with Crippen LogP contribution >= 0.6 is 0 Å². The molecule has 1 aromatic rings. The smallest absolute Gasteiger partial charge is 0.181 e. The molecule has 1 saturated carbocycles. The predicted molar refractivity (Wildman–Crippen MR) is 89.2 cm³/mol. The van der Waals surface area contributed by atoms with Crippen LogP contribution in [0.5, 0.6) is 11.5 Å². The normalized spacial score (nSPS) is 21.6. The summed E-state index contributed by atoms with van der Waals surface area (Å²) in [4.78, 5) is 13.6. The fraction of sp³-hybridized carbons (Fsp3) is 0.632. The van der Waals surface area contributed by atoms with E-state index < -0.39 is 0 Å². The number of likely N-dealkylation sites (N-methyl/N-ethyl adjacent to an activating group) is 1. The van der Waals surface area contributed by atoms with E-state index in [1.165, 1.54) is 24.2 Å². The number of quaternary nitrogens is 1. The van der Waals surface area contributed by atoms with Crippen molar-refractivity contribution in [1.82, 2.24) is 0 Å². The molecule has 134 valence electrons. The molecule has 1 aromatic carbocycles. The lowest BCUT2D eigenvalue weighted by Gasteiger charge is -2.28. The number of Topliss-reactive ketones (excluding diaryl/α,β-unsaturated/α-hetero) is 1. The minimum absolute atomic E-state index is 0. The van der Waals surface area contributed by atoms with E-state index in [1.807, 2.05) is 24.3 Å². The molecule has 3 rings (SSSR count). The number of rotatable bonds is 6. The van der Waals surface area contributed by atoms with E-state index in [9.17, 15) is 4.79 Å². The Morgan fingerprint density at radius 1 is 1.17 bits per heavy atom. The van der Waals surface area contributed by atoms with Gasteiger partial charge in [0, 0.05) is 5.92 Å². The van der Waals surface area contributed by atoms with Gasteiger partial charge in [0.2, 0.25) is 0 Å². The van der Waals surface area contributed by atoms with Crippen LogP contribution in [0.15, 0.2) is 24.3 Å². The maximum absolute atomic E-state index is 12.3. The van der Waals surface area contributed by atoms with Gasteiger partial charge in [0.05, 0.1) is 20.0 Å².